The number of piperidine rings is 1. The average Bonchev–Trinajstić information content (AvgIpc) is 2.99. The van der Waals surface area contributed by atoms with E-state index in [0.717, 1.165) is 0 Å². The molecule has 13 heteroatoms. The number of hydrogen-bond acceptors (Lipinski definition) is 8. The molecule has 3 amide bonds. The van der Waals surface area contributed by atoms with Gasteiger partial charge in [0.25, 0.3) is 0 Å². The minimum atomic E-state index is -4.85. The van der Waals surface area contributed by atoms with E-state index in [4.69, 9.17) is 10.3 Å². The number of urea groups is 1. The van der Waals surface area contributed by atoms with Crippen molar-refractivity contribution in [2.24, 2.45) is 5.73 Å². The molecule has 2 atom stereocenters. The highest BCUT2D eigenvalue weighted by Crippen LogP contribution is 2.36. The lowest BCUT2D eigenvalue weighted by Gasteiger charge is -2.27. The van der Waals surface area contributed by atoms with Crippen molar-refractivity contribution in [3.05, 3.63) is 11.7 Å². The molecule has 1 aromatic rings. The normalized spacial score (nSPS) is 24.9. The van der Waals surface area contributed by atoms with Gasteiger partial charge in [0.15, 0.2) is 5.82 Å². The highest BCUT2D eigenvalue weighted by molar-refractivity contribution is 7.80. The number of nitrogens with zero attached hydrogens (tertiary/aromatic N) is 4. The Kier molecular flexibility index (Phi) is 3.26. The van der Waals surface area contributed by atoms with Crippen LogP contribution >= 0.6 is 0 Å². The summed E-state index contributed by atoms with van der Waals surface area (Å²) >= 11 is 0. The lowest BCUT2D eigenvalue weighted by molar-refractivity contribution is -0.0379. The molecule has 0 aromatic carbocycles. The molecule has 2 fully saturated rings. The third-order valence-electron chi connectivity index (χ3n) is 3.50. The van der Waals surface area contributed by atoms with Gasteiger partial charge >= 0.3 is 28.2 Å². The zero-order valence-corrected chi connectivity index (χ0v) is 11.8. The van der Waals surface area contributed by atoms with Gasteiger partial charge in [-0.3, -0.25) is 9.35 Å². The maximum Gasteiger partial charge on any atom is 0.418 e. The van der Waals surface area contributed by atoms with Crippen LogP contribution in [0.25, 0.3) is 0 Å². The second-order valence-electron chi connectivity index (χ2n) is 4.84. The van der Waals surface area contributed by atoms with Crippen molar-refractivity contribution < 1.29 is 31.4 Å². The van der Waals surface area contributed by atoms with Gasteiger partial charge in [-0.15, -0.1) is 4.28 Å². The van der Waals surface area contributed by atoms with Gasteiger partial charge < -0.3 is 15.2 Å². The third kappa shape index (κ3) is 2.49. The number of primary amides is 1. The van der Waals surface area contributed by atoms with Crippen LogP contribution in [0, 0.1) is 0 Å². The Morgan fingerprint density at radius 1 is 1.50 bits per heavy atom. The molecular weight excluding hydrogens is 322 g/mol. The topological polar surface area (TPSA) is 169 Å². The van der Waals surface area contributed by atoms with Crippen LogP contribution in [0.5, 0.6) is 0 Å². The molecule has 22 heavy (non-hydrogen) atoms. The number of amides is 3. The first-order valence-electron chi connectivity index (χ1n) is 6.15. The average molecular weight is 333 g/mol. The molecular formula is C9H11N5O7S. The molecule has 2 bridgehead atoms. The number of carbonyl (C=O) groups is 2. The van der Waals surface area contributed by atoms with Crippen LogP contribution in [-0.4, -0.2) is 64.1 Å². The van der Waals surface area contributed by atoms with Crippen LogP contribution in [0.4, 0.5) is 4.79 Å². The zero-order valence-electron chi connectivity index (χ0n) is 10.9. The molecule has 3 N–H and O–H groups in total. The second kappa shape index (κ2) is 4.89. The van der Waals surface area contributed by atoms with Crippen molar-refractivity contribution >= 4 is 22.3 Å². The molecule has 0 radical (unpaired) electrons. The van der Waals surface area contributed by atoms with E-state index in [-0.39, 0.29) is 18.3 Å². The van der Waals surface area contributed by atoms with Crippen LogP contribution in [-0.2, 0) is 14.7 Å². The summed E-state index contributed by atoms with van der Waals surface area (Å²) in [6, 6.07) is -1.44. The number of aromatic nitrogens is 2. The first-order valence-corrected chi connectivity index (χ1v) is 7.51. The van der Waals surface area contributed by atoms with Gasteiger partial charge in [-0.1, -0.05) is 5.16 Å². The molecule has 2 aliphatic heterocycles. The Labute approximate surface area is 123 Å². The van der Waals surface area contributed by atoms with Gasteiger partial charge in [0, 0.05) is 19.0 Å². The number of hydrogen-bond donors (Lipinski definition) is 2. The summed E-state index contributed by atoms with van der Waals surface area (Å²) in [7, 11) is -4.85. The molecule has 1 aromatic heterocycles. The van der Waals surface area contributed by atoms with E-state index in [1.165, 1.54) is 4.90 Å². The van der Waals surface area contributed by atoms with Gasteiger partial charge in [0.1, 0.15) is 0 Å². The maximum atomic E-state index is 12.0. The quantitative estimate of drug-likeness (QED) is 0.622. The third-order valence-corrected chi connectivity index (χ3v) is 3.85. The second-order valence-corrected chi connectivity index (χ2v) is 5.85. The Morgan fingerprint density at radius 2 is 2.23 bits per heavy atom. The standard InChI is InChI=1S/C9H11N5O7S/c10-6(15)8-11-7(12-20-8)4-1-2-13-3-5(4)14(9(13)16)21-22(17,18)19/h4-5H,1-3H2,(H2,10,15)(H,17,18,19)/t4-,5+/m1/s1. The first kappa shape index (κ1) is 14.7. The van der Waals surface area contributed by atoms with E-state index in [1.54, 1.807) is 0 Å². The van der Waals surface area contributed by atoms with Crippen molar-refractivity contribution in [3.63, 3.8) is 0 Å². The van der Waals surface area contributed by atoms with E-state index in [2.05, 4.69) is 18.9 Å². The van der Waals surface area contributed by atoms with Crippen molar-refractivity contribution in [2.75, 3.05) is 13.1 Å². The monoisotopic (exact) mass is 333 g/mol. The molecule has 0 unspecified atom stereocenters. The van der Waals surface area contributed by atoms with E-state index in [9.17, 15) is 18.0 Å². The summed E-state index contributed by atoms with van der Waals surface area (Å²) in [4.78, 5) is 28.1. The summed E-state index contributed by atoms with van der Waals surface area (Å²) in [5.41, 5.74) is 5.02. The Balaban J connectivity index is 1.89. The summed E-state index contributed by atoms with van der Waals surface area (Å²) < 4.78 is 39.5. The van der Waals surface area contributed by atoms with E-state index < -0.39 is 34.3 Å². The van der Waals surface area contributed by atoms with Gasteiger partial charge in [0.05, 0.1) is 6.04 Å². The van der Waals surface area contributed by atoms with Crippen LogP contribution in [0.1, 0.15) is 28.8 Å². The predicted octanol–water partition coefficient (Wildman–Crippen LogP) is -1.50. The Hall–Kier alpha value is -2.25. The van der Waals surface area contributed by atoms with Crippen molar-refractivity contribution in [2.45, 2.75) is 18.4 Å². The SMILES string of the molecule is NC(=O)c1nc([C@@H]2CCN3C[C@@H]2N(OS(=O)(=O)O)C3=O)no1. The lowest BCUT2D eigenvalue weighted by atomic mass is 9.92. The zero-order chi connectivity index (χ0) is 16.1. The number of fused-ring (bicyclic) bond motifs is 2. The number of hydroxylamine groups is 2. The summed E-state index contributed by atoms with van der Waals surface area (Å²) in [5, 5.41) is 4.19. The summed E-state index contributed by atoms with van der Waals surface area (Å²) in [5.74, 6) is -1.70. The van der Waals surface area contributed by atoms with Crippen molar-refractivity contribution in [1.82, 2.24) is 20.1 Å². The summed E-state index contributed by atoms with van der Waals surface area (Å²) in [6.45, 7) is 0.477. The molecule has 0 spiro atoms. The van der Waals surface area contributed by atoms with Crippen LogP contribution in [0.15, 0.2) is 4.52 Å². The predicted molar refractivity (Wildman–Crippen MR) is 65.4 cm³/mol. The smallest absolute Gasteiger partial charge is 0.361 e. The fourth-order valence-corrected chi connectivity index (χ4v) is 2.98. The molecule has 2 saturated heterocycles. The van der Waals surface area contributed by atoms with E-state index >= 15 is 0 Å². The maximum absolute atomic E-state index is 12.0. The number of carbonyl (C=O) groups excluding carboxylic acids is 2. The highest BCUT2D eigenvalue weighted by atomic mass is 32.3. The fraction of sp³-hybridized carbons (Fsp3) is 0.556. The first-order chi connectivity index (χ1) is 10.3. The minimum absolute atomic E-state index is 0.108. The molecule has 12 nitrogen and oxygen atoms in total. The van der Waals surface area contributed by atoms with Crippen molar-refractivity contribution in [3.8, 4) is 0 Å². The summed E-state index contributed by atoms with van der Waals surface area (Å²) in [6.07, 6.45) is 0.402. The van der Waals surface area contributed by atoms with Crippen LogP contribution in [0.2, 0.25) is 0 Å². The molecule has 2 aliphatic rings. The number of nitrogens with two attached hydrogens (primary N) is 1. The Bertz CT molecular complexity index is 730. The molecule has 0 saturated carbocycles. The lowest BCUT2D eigenvalue weighted by Crippen LogP contribution is -2.40. The van der Waals surface area contributed by atoms with E-state index in [1.807, 2.05) is 0 Å². The van der Waals surface area contributed by atoms with Crippen molar-refractivity contribution in [1.29, 1.82) is 0 Å². The highest BCUT2D eigenvalue weighted by Gasteiger charge is 2.49. The Morgan fingerprint density at radius 3 is 2.82 bits per heavy atom. The van der Waals surface area contributed by atoms with Gasteiger partial charge in [-0.25, -0.2) is 4.79 Å². The van der Waals surface area contributed by atoms with Gasteiger partial charge in [-0.2, -0.15) is 18.5 Å². The molecule has 3 rings (SSSR count). The molecule has 0 aliphatic carbocycles. The fourth-order valence-electron chi connectivity index (χ4n) is 2.60. The van der Waals surface area contributed by atoms with Gasteiger partial charge in [0.2, 0.25) is 0 Å². The molecule has 3 heterocycles. The van der Waals surface area contributed by atoms with Crippen LogP contribution < -0.4 is 5.73 Å². The minimum Gasteiger partial charge on any atom is -0.361 e. The van der Waals surface area contributed by atoms with E-state index in [0.29, 0.717) is 18.0 Å². The molecule has 120 valence electrons. The number of rotatable bonds is 4. The largest absolute Gasteiger partial charge is 0.418 e. The van der Waals surface area contributed by atoms with Gasteiger partial charge in [-0.05, 0) is 6.42 Å². The van der Waals surface area contributed by atoms with Crippen LogP contribution in [0.3, 0.4) is 0 Å².